The smallest absolute Gasteiger partial charge is 0.279 e. The minimum atomic E-state index is -3.44. The Labute approximate surface area is 122 Å². The molecule has 0 radical (unpaired) electrons. The number of ether oxygens (including phenoxy) is 1. The highest BCUT2D eigenvalue weighted by Crippen LogP contribution is 2.25. The van der Waals surface area contributed by atoms with Crippen LogP contribution in [0.1, 0.15) is 39.5 Å². The van der Waals surface area contributed by atoms with Crippen molar-refractivity contribution in [1.29, 1.82) is 0 Å². The third kappa shape index (κ3) is 3.92. The molecule has 1 aliphatic carbocycles. The molecule has 2 fully saturated rings. The summed E-state index contributed by atoms with van der Waals surface area (Å²) in [5, 5.41) is 0. The molecule has 6 nitrogen and oxygen atoms in total. The fourth-order valence-electron chi connectivity index (χ4n) is 3.24. The lowest BCUT2D eigenvalue weighted by atomic mass is 9.85. The van der Waals surface area contributed by atoms with Crippen molar-refractivity contribution >= 4 is 10.2 Å². The summed E-state index contributed by atoms with van der Waals surface area (Å²) >= 11 is 0. The third-order valence-corrected chi connectivity index (χ3v) is 5.82. The van der Waals surface area contributed by atoms with Crippen LogP contribution in [0.2, 0.25) is 0 Å². The van der Waals surface area contributed by atoms with Gasteiger partial charge in [0.2, 0.25) is 0 Å². The van der Waals surface area contributed by atoms with Gasteiger partial charge in [0, 0.05) is 19.1 Å². The molecule has 3 N–H and O–H groups in total. The van der Waals surface area contributed by atoms with Gasteiger partial charge in [0.15, 0.2) is 0 Å². The monoisotopic (exact) mass is 305 g/mol. The number of hydrogen-bond acceptors (Lipinski definition) is 4. The molecular weight excluding hydrogens is 278 g/mol. The summed E-state index contributed by atoms with van der Waals surface area (Å²) in [6.07, 6.45) is 3.99. The topological polar surface area (TPSA) is 84.7 Å². The normalized spacial score (nSPS) is 37.0. The molecule has 2 rings (SSSR count). The molecule has 0 bridgehead atoms. The second-order valence-corrected chi connectivity index (χ2v) is 7.79. The first-order valence-electron chi connectivity index (χ1n) is 7.55. The highest BCUT2D eigenvalue weighted by Gasteiger charge is 2.34. The molecular formula is C13H27N3O3S. The lowest BCUT2D eigenvalue weighted by Gasteiger charge is -2.37. The van der Waals surface area contributed by atoms with E-state index in [0.29, 0.717) is 19.6 Å². The second-order valence-electron chi connectivity index (χ2n) is 6.08. The van der Waals surface area contributed by atoms with E-state index >= 15 is 0 Å². The quantitative estimate of drug-likeness (QED) is 0.789. The van der Waals surface area contributed by atoms with Crippen molar-refractivity contribution in [3.05, 3.63) is 0 Å². The van der Waals surface area contributed by atoms with Crippen molar-refractivity contribution in [2.24, 2.45) is 11.7 Å². The van der Waals surface area contributed by atoms with Crippen molar-refractivity contribution in [2.45, 2.75) is 57.8 Å². The fourth-order valence-corrected chi connectivity index (χ4v) is 4.89. The Bertz CT molecular complexity index is 405. The van der Waals surface area contributed by atoms with Gasteiger partial charge in [0.25, 0.3) is 10.2 Å². The maximum atomic E-state index is 12.5. The van der Waals surface area contributed by atoms with Crippen LogP contribution >= 0.6 is 0 Å². The molecule has 0 aromatic heterocycles. The van der Waals surface area contributed by atoms with Crippen molar-refractivity contribution in [3.63, 3.8) is 0 Å². The molecule has 0 spiro atoms. The molecule has 0 amide bonds. The van der Waals surface area contributed by atoms with Gasteiger partial charge in [-0.15, -0.1) is 0 Å². The van der Waals surface area contributed by atoms with E-state index in [-0.39, 0.29) is 24.2 Å². The lowest BCUT2D eigenvalue weighted by molar-refractivity contribution is -0.0445. The minimum Gasteiger partial charge on any atom is -0.373 e. The van der Waals surface area contributed by atoms with Crippen molar-refractivity contribution in [1.82, 2.24) is 9.03 Å². The first-order chi connectivity index (χ1) is 9.42. The average Bonchev–Trinajstić information content (AvgIpc) is 2.38. The predicted molar refractivity (Wildman–Crippen MR) is 78.4 cm³/mol. The van der Waals surface area contributed by atoms with Crippen molar-refractivity contribution in [3.8, 4) is 0 Å². The van der Waals surface area contributed by atoms with Gasteiger partial charge in [-0.3, -0.25) is 0 Å². The Morgan fingerprint density at radius 2 is 1.80 bits per heavy atom. The van der Waals surface area contributed by atoms with Gasteiger partial charge in [-0.2, -0.15) is 17.4 Å². The highest BCUT2D eigenvalue weighted by molar-refractivity contribution is 7.87. The van der Waals surface area contributed by atoms with Gasteiger partial charge in [-0.1, -0.05) is 12.8 Å². The number of nitrogens with one attached hydrogen (secondary N) is 1. The predicted octanol–water partition coefficient (Wildman–Crippen LogP) is 0.448. The van der Waals surface area contributed by atoms with Gasteiger partial charge < -0.3 is 10.5 Å². The molecule has 20 heavy (non-hydrogen) atoms. The van der Waals surface area contributed by atoms with Crippen molar-refractivity contribution < 1.29 is 13.2 Å². The summed E-state index contributed by atoms with van der Waals surface area (Å²) in [5.41, 5.74) is 5.77. The Morgan fingerprint density at radius 1 is 1.20 bits per heavy atom. The third-order valence-electron chi connectivity index (χ3n) is 4.24. The molecule has 1 saturated heterocycles. The minimum absolute atomic E-state index is 0.0211. The van der Waals surface area contributed by atoms with E-state index in [9.17, 15) is 8.42 Å². The highest BCUT2D eigenvalue weighted by atomic mass is 32.2. The maximum Gasteiger partial charge on any atom is 0.279 e. The van der Waals surface area contributed by atoms with Crippen molar-refractivity contribution in [2.75, 3.05) is 19.6 Å². The fraction of sp³-hybridized carbons (Fsp3) is 1.00. The molecule has 4 atom stereocenters. The number of rotatable bonds is 4. The zero-order valence-corrected chi connectivity index (χ0v) is 13.2. The first kappa shape index (κ1) is 16.2. The van der Waals surface area contributed by atoms with Gasteiger partial charge in [0.05, 0.1) is 12.2 Å². The van der Waals surface area contributed by atoms with Crippen LogP contribution in [-0.4, -0.2) is 50.6 Å². The number of nitrogens with two attached hydrogens (primary N) is 1. The molecule has 0 aromatic rings. The molecule has 1 saturated carbocycles. The van der Waals surface area contributed by atoms with Gasteiger partial charge >= 0.3 is 0 Å². The second kappa shape index (κ2) is 6.70. The Kier molecular flexibility index (Phi) is 5.42. The number of nitrogens with zero attached hydrogens (tertiary/aromatic N) is 1. The molecule has 2 aliphatic rings. The van der Waals surface area contributed by atoms with E-state index in [1.807, 2.05) is 13.8 Å². The molecule has 7 heteroatoms. The Balaban J connectivity index is 2.02. The molecule has 118 valence electrons. The van der Waals surface area contributed by atoms with Crippen LogP contribution in [0, 0.1) is 5.92 Å². The van der Waals surface area contributed by atoms with E-state index in [2.05, 4.69) is 4.72 Å². The zero-order valence-electron chi connectivity index (χ0n) is 12.4. The largest absolute Gasteiger partial charge is 0.373 e. The summed E-state index contributed by atoms with van der Waals surface area (Å²) in [6, 6.07) is -0.0211. The van der Waals surface area contributed by atoms with E-state index in [0.717, 1.165) is 25.7 Å². The van der Waals surface area contributed by atoms with Crippen LogP contribution in [0.25, 0.3) is 0 Å². The molecule has 0 aromatic carbocycles. The van der Waals surface area contributed by atoms with Gasteiger partial charge in [0.1, 0.15) is 0 Å². The summed E-state index contributed by atoms with van der Waals surface area (Å²) in [7, 11) is -3.44. The Morgan fingerprint density at radius 3 is 2.40 bits per heavy atom. The first-order valence-corrected chi connectivity index (χ1v) is 8.99. The van der Waals surface area contributed by atoms with Crippen LogP contribution in [0.4, 0.5) is 0 Å². The van der Waals surface area contributed by atoms with E-state index in [1.54, 1.807) is 0 Å². The van der Waals surface area contributed by atoms with Crippen LogP contribution in [0.15, 0.2) is 0 Å². The number of hydrogen-bond donors (Lipinski definition) is 2. The maximum absolute atomic E-state index is 12.5. The van der Waals surface area contributed by atoms with Crippen LogP contribution in [0.5, 0.6) is 0 Å². The van der Waals surface area contributed by atoms with Gasteiger partial charge in [-0.25, -0.2) is 0 Å². The summed E-state index contributed by atoms with van der Waals surface area (Å²) in [6.45, 7) is 5.19. The molecule has 4 unspecified atom stereocenters. The Hall–Kier alpha value is -0.210. The van der Waals surface area contributed by atoms with E-state index in [1.165, 1.54) is 4.31 Å². The van der Waals surface area contributed by atoms with Crippen LogP contribution in [0.3, 0.4) is 0 Å². The molecule has 1 aliphatic heterocycles. The summed E-state index contributed by atoms with van der Waals surface area (Å²) in [4.78, 5) is 0. The van der Waals surface area contributed by atoms with Gasteiger partial charge in [-0.05, 0) is 39.2 Å². The number of morpholine rings is 1. The zero-order chi connectivity index (χ0) is 14.8. The molecule has 1 heterocycles. The SMILES string of the molecule is CC1CN(S(=O)(=O)NC2CCCCC2CN)CC(C)O1. The average molecular weight is 305 g/mol. The van der Waals surface area contributed by atoms with E-state index in [4.69, 9.17) is 10.5 Å². The summed E-state index contributed by atoms with van der Waals surface area (Å²) in [5.74, 6) is 0.259. The van der Waals surface area contributed by atoms with Crippen LogP contribution in [-0.2, 0) is 14.9 Å². The lowest BCUT2D eigenvalue weighted by Crippen LogP contribution is -2.55. The van der Waals surface area contributed by atoms with Crippen LogP contribution < -0.4 is 10.5 Å². The van der Waals surface area contributed by atoms with E-state index < -0.39 is 10.2 Å². The standard InChI is InChI=1S/C13H27N3O3S/c1-10-8-16(9-11(2)19-10)20(17,18)15-13-6-4-3-5-12(13)7-14/h10-13,15H,3-9,14H2,1-2H3. The summed E-state index contributed by atoms with van der Waals surface area (Å²) < 4.78 is 35.0.